The number of para-hydroxylation sites is 1. The molecule has 0 bridgehead atoms. The molecule has 6 nitrogen and oxygen atoms in total. The third kappa shape index (κ3) is 3.80. The van der Waals surface area contributed by atoms with Crippen LogP contribution < -0.4 is 10.2 Å². The van der Waals surface area contributed by atoms with Gasteiger partial charge in [-0.1, -0.05) is 17.4 Å². The Balaban J connectivity index is 1.37. The molecule has 27 heavy (non-hydrogen) atoms. The molecule has 3 aromatic rings. The molecule has 1 aliphatic heterocycles. The number of imidazole rings is 1. The minimum atomic E-state index is -0.295. The van der Waals surface area contributed by atoms with Gasteiger partial charge in [0.05, 0.1) is 10.6 Å². The molecule has 1 fully saturated rings. The van der Waals surface area contributed by atoms with E-state index in [1.807, 2.05) is 23.8 Å². The van der Waals surface area contributed by atoms with E-state index in [-0.39, 0.29) is 17.6 Å². The van der Waals surface area contributed by atoms with E-state index in [2.05, 4.69) is 20.2 Å². The van der Waals surface area contributed by atoms with Gasteiger partial charge in [-0.05, 0) is 31.9 Å². The Morgan fingerprint density at radius 2 is 2.33 bits per heavy atom. The van der Waals surface area contributed by atoms with Gasteiger partial charge in [0.1, 0.15) is 17.2 Å². The standard InChI is InChI=1S/C19H22FN5OS/c1-13-21-7-10-24(13)11-8-22-18(26)14-4-3-9-25(12-14)19-23-17-15(20)5-2-6-16(17)27-19/h2,5-7,10,14H,3-4,8-9,11-12H2,1H3,(H,22,26). The summed E-state index contributed by atoms with van der Waals surface area (Å²) in [6.45, 7) is 4.71. The second-order valence-corrected chi connectivity index (χ2v) is 7.84. The molecule has 1 aliphatic rings. The van der Waals surface area contributed by atoms with E-state index in [1.54, 1.807) is 12.3 Å². The number of benzene rings is 1. The maximum atomic E-state index is 13.9. The average molecular weight is 387 g/mol. The van der Waals surface area contributed by atoms with Crippen molar-refractivity contribution in [3.8, 4) is 0 Å². The molecule has 0 spiro atoms. The van der Waals surface area contributed by atoms with Crippen LogP contribution in [0.3, 0.4) is 0 Å². The topological polar surface area (TPSA) is 63.1 Å². The summed E-state index contributed by atoms with van der Waals surface area (Å²) in [6, 6.07) is 5.01. The van der Waals surface area contributed by atoms with Gasteiger partial charge in [-0.3, -0.25) is 4.79 Å². The zero-order chi connectivity index (χ0) is 18.8. The highest BCUT2D eigenvalue weighted by molar-refractivity contribution is 7.22. The lowest BCUT2D eigenvalue weighted by Crippen LogP contribution is -2.43. The number of rotatable bonds is 5. The molecule has 8 heteroatoms. The summed E-state index contributed by atoms with van der Waals surface area (Å²) in [5, 5.41) is 3.83. The number of amides is 1. The smallest absolute Gasteiger partial charge is 0.224 e. The number of hydrogen-bond donors (Lipinski definition) is 1. The summed E-state index contributed by atoms with van der Waals surface area (Å²) in [6.07, 6.45) is 5.47. The van der Waals surface area contributed by atoms with E-state index in [4.69, 9.17) is 0 Å². The number of carbonyl (C=O) groups excluding carboxylic acids is 1. The lowest BCUT2D eigenvalue weighted by Gasteiger charge is -2.31. The van der Waals surface area contributed by atoms with Crippen LogP contribution in [0.15, 0.2) is 30.6 Å². The quantitative estimate of drug-likeness (QED) is 0.731. The van der Waals surface area contributed by atoms with Crippen LogP contribution in [0.25, 0.3) is 10.2 Å². The number of nitrogens with zero attached hydrogens (tertiary/aromatic N) is 4. The van der Waals surface area contributed by atoms with Crippen LogP contribution in [-0.4, -0.2) is 40.1 Å². The Morgan fingerprint density at radius 3 is 3.11 bits per heavy atom. The van der Waals surface area contributed by atoms with E-state index >= 15 is 0 Å². The number of carbonyl (C=O) groups is 1. The predicted molar refractivity (Wildman–Crippen MR) is 104 cm³/mol. The van der Waals surface area contributed by atoms with Crippen molar-refractivity contribution in [2.75, 3.05) is 24.5 Å². The van der Waals surface area contributed by atoms with Crippen molar-refractivity contribution in [2.24, 2.45) is 5.92 Å². The maximum Gasteiger partial charge on any atom is 0.224 e. The first kappa shape index (κ1) is 17.9. The summed E-state index contributed by atoms with van der Waals surface area (Å²) in [4.78, 5) is 23.3. The van der Waals surface area contributed by atoms with Crippen LogP contribution >= 0.6 is 11.3 Å². The largest absolute Gasteiger partial charge is 0.354 e. The predicted octanol–water partition coefficient (Wildman–Crippen LogP) is 2.97. The van der Waals surface area contributed by atoms with Gasteiger partial charge >= 0.3 is 0 Å². The van der Waals surface area contributed by atoms with Crippen molar-refractivity contribution in [1.29, 1.82) is 0 Å². The van der Waals surface area contributed by atoms with Crippen LogP contribution in [0.4, 0.5) is 9.52 Å². The summed E-state index contributed by atoms with van der Waals surface area (Å²) < 4.78 is 16.8. The molecule has 0 saturated carbocycles. The first-order valence-corrected chi connectivity index (χ1v) is 9.99. The third-order valence-electron chi connectivity index (χ3n) is 5.00. The van der Waals surface area contributed by atoms with Gasteiger partial charge in [0.25, 0.3) is 0 Å². The highest BCUT2D eigenvalue weighted by Gasteiger charge is 2.27. The van der Waals surface area contributed by atoms with E-state index in [0.29, 0.717) is 25.2 Å². The van der Waals surface area contributed by atoms with Crippen molar-refractivity contribution in [3.63, 3.8) is 0 Å². The van der Waals surface area contributed by atoms with Crippen LogP contribution in [0.1, 0.15) is 18.7 Å². The van der Waals surface area contributed by atoms with E-state index < -0.39 is 0 Å². The Kier molecular flexibility index (Phi) is 5.07. The van der Waals surface area contributed by atoms with Gasteiger partial charge in [0.15, 0.2) is 5.13 Å². The molecule has 1 aromatic carbocycles. The molecule has 1 saturated heterocycles. The Labute approximate surface area is 161 Å². The number of thiazole rings is 1. The average Bonchev–Trinajstić information content (AvgIpc) is 3.29. The molecule has 2 aromatic heterocycles. The summed E-state index contributed by atoms with van der Waals surface area (Å²) in [5.41, 5.74) is 0.416. The fourth-order valence-electron chi connectivity index (χ4n) is 3.49. The van der Waals surface area contributed by atoms with Crippen molar-refractivity contribution < 1.29 is 9.18 Å². The number of hydrogen-bond acceptors (Lipinski definition) is 5. The molecule has 142 valence electrons. The maximum absolute atomic E-state index is 13.9. The molecule has 1 amide bonds. The van der Waals surface area contributed by atoms with E-state index in [9.17, 15) is 9.18 Å². The second-order valence-electron chi connectivity index (χ2n) is 6.83. The minimum Gasteiger partial charge on any atom is -0.354 e. The molecule has 4 rings (SSSR count). The molecular formula is C19H22FN5OS. The minimum absolute atomic E-state index is 0.0699. The van der Waals surface area contributed by atoms with Gasteiger partial charge in [0.2, 0.25) is 5.91 Å². The number of aromatic nitrogens is 3. The molecule has 1 N–H and O–H groups in total. The molecule has 0 radical (unpaired) electrons. The molecule has 3 heterocycles. The number of anilines is 1. The van der Waals surface area contributed by atoms with Gasteiger partial charge in [-0.25, -0.2) is 14.4 Å². The highest BCUT2D eigenvalue weighted by atomic mass is 32.1. The number of piperidine rings is 1. The summed E-state index contributed by atoms with van der Waals surface area (Å²) in [7, 11) is 0. The van der Waals surface area contributed by atoms with Gasteiger partial charge < -0.3 is 14.8 Å². The fraction of sp³-hybridized carbons (Fsp3) is 0.421. The SMILES string of the molecule is Cc1nccn1CCNC(=O)C1CCCN(c2nc3c(F)cccc3s2)C1. The number of nitrogens with one attached hydrogen (secondary N) is 1. The summed E-state index contributed by atoms with van der Waals surface area (Å²) in [5.74, 6) is 0.650. The van der Waals surface area contributed by atoms with E-state index in [0.717, 1.165) is 35.0 Å². The van der Waals surface area contributed by atoms with Crippen molar-refractivity contribution in [1.82, 2.24) is 19.9 Å². The third-order valence-corrected chi connectivity index (χ3v) is 6.08. The Hall–Kier alpha value is -2.48. The van der Waals surface area contributed by atoms with Crippen molar-refractivity contribution in [2.45, 2.75) is 26.3 Å². The molecule has 1 atom stereocenters. The molecule has 1 unspecified atom stereocenters. The first-order chi connectivity index (χ1) is 13.1. The van der Waals surface area contributed by atoms with Crippen LogP contribution in [0, 0.1) is 18.7 Å². The normalized spacial score (nSPS) is 17.4. The van der Waals surface area contributed by atoms with Crippen LogP contribution in [0.2, 0.25) is 0 Å². The van der Waals surface area contributed by atoms with Crippen LogP contribution in [0.5, 0.6) is 0 Å². The number of aryl methyl sites for hydroxylation is 1. The van der Waals surface area contributed by atoms with Gasteiger partial charge in [-0.2, -0.15) is 0 Å². The second kappa shape index (κ2) is 7.64. The zero-order valence-electron chi connectivity index (χ0n) is 15.2. The Bertz CT molecular complexity index is 953. The van der Waals surface area contributed by atoms with Crippen molar-refractivity contribution in [3.05, 3.63) is 42.2 Å². The molecule has 0 aliphatic carbocycles. The van der Waals surface area contributed by atoms with E-state index in [1.165, 1.54) is 17.4 Å². The van der Waals surface area contributed by atoms with Crippen LogP contribution in [-0.2, 0) is 11.3 Å². The zero-order valence-corrected chi connectivity index (χ0v) is 16.0. The summed E-state index contributed by atoms with van der Waals surface area (Å²) >= 11 is 1.48. The van der Waals surface area contributed by atoms with Gasteiger partial charge in [-0.15, -0.1) is 0 Å². The number of halogens is 1. The Morgan fingerprint density at radius 1 is 1.44 bits per heavy atom. The lowest BCUT2D eigenvalue weighted by atomic mass is 9.97. The monoisotopic (exact) mass is 387 g/mol. The fourth-order valence-corrected chi connectivity index (χ4v) is 4.50. The first-order valence-electron chi connectivity index (χ1n) is 9.17. The molecular weight excluding hydrogens is 365 g/mol. The lowest BCUT2D eigenvalue weighted by molar-refractivity contribution is -0.125. The van der Waals surface area contributed by atoms with Gasteiger partial charge in [0, 0.05) is 38.6 Å². The highest BCUT2D eigenvalue weighted by Crippen LogP contribution is 2.32. The van der Waals surface area contributed by atoms with Crippen molar-refractivity contribution >= 4 is 32.6 Å². The number of fused-ring (bicyclic) bond motifs is 1.